The molecule has 1 aromatic rings. The number of methoxy groups -OCH3 is 1. The fourth-order valence-corrected chi connectivity index (χ4v) is 2.01. The lowest BCUT2D eigenvalue weighted by atomic mass is 10.1. The molecule has 0 bridgehead atoms. The maximum absolute atomic E-state index is 12.0. The lowest BCUT2D eigenvalue weighted by molar-refractivity contribution is -0.140. The van der Waals surface area contributed by atoms with Crippen LogP contribution < -0.4 is 5.32 Å². The number of carbonyl (C=O) groups is 3. The van der Waals surface area contributed by atoms with Crippen molar-refractivity contribution in [1.82, 2.24) is 4.90 Å². The molecule has 1 aromatic carbocycles. The molecule has 22 heavy (non-hydrogen) atoms. The number of esters is 1. The van der Waals surface area contributed by atoms with Crippen LogP contribution in [0, 0.1) is 0 Å². The van der Waals surface area contributed by atoms with Crippen LogP contribution in [0.5, 0.6) is 0 Å². The summed E-state index contributed by atoms with van der Waals surface area (Å²) in [6.45, 7) is -0.307. The highest BCUT2D eigenvalue weighted by molar-refractivity contribution is 6.17. The van der Waals surface area contributed by atoms with Crippen molar-refractivity contribution in [3.8, 4) is 0 Å². The number of anilines is 1. The first-order valence-electron chi connectivity index (χ1n) is 6.66. The number of nitrogens with one attached hydrogen (secondary N) is 1. The second kappa shape index (κ2) is 6.86. The van der Waals surface area contributed by atoms with E-state index in [0.29, 0.717) is 5.69 Å². The Hall–Kier alpha value is -2.67. The molecule has 0 aliphatic carbocycles. The Labute approximate surface area is 127 Å². The molecule has 0 fully saturated rings. The highest BCUT2D eigenvalue weighted by Crippen LogP contribution is 2.17. The van der Waals surface area contributed by atoms with Crippen LogP contribution in [0.15, 0.2) is 36.0 Å². The van der Waals surface area contributed by atoms with E-state index < -0.39 is 11.8 Å². The number of nitrogens with zero attached hydrogens (tertiary/aromatic N) is 1. The summed E-state index contributed by atoms with van der Waals surface area (Å²) < 4.78 is 4.58. The van der Waals surface area contributed by atoms with Crippen LogP contribution in [0.25, 0.3) is 0 Å². The normalized spacial score (nSPS) is 14.1. The first kappa shape index (κ1) is 15.7. The van der Waals surface area contributed by atoms with Gasteiger partial charge in [-0.2, -0.15) is 0 Å². The minimum Gasteiger partial charge on any atom is -0.469 e. The SMILES string of the molecule is COC(=O)Cc1ccc(NC2=CC(=O)N(CCO)C2=O)cc1. The van der Waals surface area contributed by atoms with E-state index >= 15 is 0 Å². The Morgan fingerprint density at radius 3 is 2.55 bits per heavy atom. The van der Waals surface area contributed by atoms with Crippen molar-refractivity contribution in [2.24, 2.45) is 0 Å². The minimum atomic E-state index is -0.474. The molecule has 116 valence electrons. The number of rotatable bonds is 6. The number of β-amino-alcohol motifs (C(OH)–C–C–N with tert-alkyl or cyclic N) is 1. The van der Waals surface area contributed by atoms with Gasteiger partial charge in [0.15, 0.2) is 0 Å². The Kier molecular flexibility index (Phi) is 4.90. The van der Waals surface area contributed by atoms with Crippen molar-refractivity contribution in [3.63, 3.8) is 0 Å². The molecule has 2 N–H and O–H groups in total. The number of benzene rings is 1. The molecule has 0 atom stereocenters. The van der Waals surface area contributed by atoms with E-state index in [-0.39, 0.29) is 31.2 Å². The maximum atomic E-state index is 12.0. The van der Waals surface area contributed by atoms with E-state index in [0.717, 1.165) is 10.5 Å². The van der Waals surface area contributed by atoms with Crippen LogP contribution >= 0.6 is 0 Å². The van der Waals surface area contributed by atoms with Gasteiger partial charge in [-0.3, -0.25) is 19.3 Å². The summed E-state index contributed by atoms with van der Waals surface area (Å²) in [6, 6.07) is 6.86. The van der Waals surface area contributed by atoms with Gasteiger partial charge in [-0.1, -0.05) is 12.1 Å². The summed E-state index contributed by atoms with van der Waals surface area (Å²) in [6.07, 6.45) is 1.36. The van der Waals surface area contributed by atoms with Gasteiger partial charge in [0.1, 0.15) is 5.70 Å². The molecule has 0 unspecified atom stereocenters. The first-order chi connectivity index (χ1) is 10.5. The van der Waals surface area contributed by atoms with Gasteiger partial charge in [0.2, 0.25) is 0 Å². The third-order valence-corrected chi connectivity index (χ3v) is 3.14. The number of imide groups is 1. The van der Waals surface area contributed by atoms with E-state index in [1.54, 1.807) is 24.3 Å². The molecule has 0 saturated carbocycles. The van der Waals surface area contributed by atoms with Gasteiger partial charge in [-0.25, -0.2) is 0 Å². The van der Waals surface area contributed by atoms with Crippen LogP contribution in [0.1, 0.15) is 5.56 Å². The average Bonchev–Trinajstić information content (AvgIpc) is 2.77. The van der Waals surface area contributed by atoms with Crippen molar-refractivity contribution in [1.29, 1.82) is 0 Å². The molecular formula is C15H16N2O5. The fourth-order valence-electron chi connectivity index (χ4n) is 2.01. The quantitative estimate of drug-likeness (QED) is 0.570. The first-order valence-corrected chi connectivity index (χ1v) is 6.66. The maximum Gasteiger partial charge on any atom is 0.309 e. The summed E-state index contributed by atoms with van der Waals surface area (Å²) in [5.74, 6) is -1.26. The van der Waals surface area contributed by atoms with Crippen LogP contribution in [-0.4, -0.2) is 48.1 Å². The number of aliphatic hydroxyl groups excluding tert-OH is 1. The highest BCUT2D eigenvalue weighted by atomic mass is 16.5. The van der Waals surface area contributed by atoms with E-state index in [4.69, 9.17) is 5.11 Å². The smallest absolute Gasteiger partial charge is 0.309 e. The van der Waals surface area contributed by atoms with Gasteiger partial charge in [0, 0.05) is 11.8 Å². The van der Waals surface area contributed by atoms with E-state index in [1.807, 2.05) is 0 Å². The molecule has 7 nitrogen and oxygen atoms in total. The summed E-state index contributed by atoms with van der Waals surface area (Å²) >= 11 is 0. The zero-order valence-electron chi connectivity index (χ0n) is 12.0. The Morgan fingerprint density at radius 2 is 1.95 bits per heavy atom. The predicted molar refractivity (Wildman–Crippen MR) is 77.7 cm³/mol. The monoisotopic (exact) mass is 304 g/mol. The summed E-state index contributed by atoms with van der Waals surface area (Å²) in [5, 5.41) is 11.7. The largest absolute Gasteiger partial charge is 0.469 e. The lowest BCUT2D eigenvalue weighted by Gasteiger charge is -2.13. The summed E-state index contributed by atoms with van der Waals surface area (Å²) in [5.41, 5.74) is 1.55. The molecule has 2 rings (SSSR count). The number of hydrogen-bond acceptors (Lipinski definition) is 6. The standard InChI is InChI=1S/C15H16N2O5/c1-22-14(20)8-10-2-4-11(5-3-10)16-12-9-13(19)17(6-7-18)15(12)21/h2-5,9,16,18H,6-8H2,1H3. The van der Waals surface area contributed by atoms with Crippen LogP contribution in [0.4, 0.5) is 5.69 Å². The second-order valence-electron chi connectivity index (χ2n) is 4.65. The third kappa shape index (κ3) is 3.50. The van der Waals surface area contributed by atoms with Crippen LogP contribution in [-0.2, 0) is 25.5 Å². The molecule has 0 aromatic heterocycles. The number of amides is 2. The molecule has 2 amide bonds. The fraction of sp³-hybridized carbons (Fsp3) is 0.267. The van der Waals surface area contributed by atoms with Crippen molar-refractivity contribution in [2.75, 3.05) is 25.6 Å². The van der Waals surface area contributed by atoms with Crippen molar-refractivity contribution >= 4 is 23.5 Å². The van der Waals surface area contributed by atoms with Gasteiger partial charge < -0.3 is 15.2 Å². The molecule has 0 spiro atoms. The molecule has 1 heterocycles. The lowest BCUT2D eigenvalue weighted by Crippen LogP contribution is -2.34. The number of carbonyl (C=O) groups excluding carboxylic acids is 3. The molecule has 7 heteroatoms. The van der Waals surface area contributed by atoms with Gasteiger partial charge in [0.05, 0.1) is 26.7 Å². The summed E-state index contributed by atoms with van der Waals surface area (Å²) in [4.78, 5) is 35.7. The van der Waals surface area contributed by atoms with E-state index in [9.17, 15) is 14.4 Å². The molecular weight excluding hydrogens is 288 g/mol. The number of aliphatic hydroxyl groups is 1. The van der Waals surface area contributed by atoms with Gasteiger partial charge in [-0.05, 0) is 17.7 Å². The van der Waals surface area contributed by atoms with Crippen LogP contribution in [0.2, 0.25) is 0 Å². The number of ether oxygens (including phenoxy) is 1. The molecule has 0 radical (unpaired) electrons. The van der Waals surface area contributed by atoms with E-state index in [1.165, 1.54) is 13.2 Å². The summed E-state index contributed by atoms with van der Waals surface area (Å²) in [7, 11) is 1.32. The molecule has 1 aliphatic heterocycles. The van der Waals surface area contributed by atoms with Gasteiger partial charge >= 0.3 is 5.97 Å². The second-order valence-corrected chi connectivity index (χ2v) is 4.65. The molecule has 0 saturated heterocycles. The number of hydrogen-bond donors (Lipinski definition) is 2. The van der Waals surface area contributed by atoms with Crippen molar-refractivity contribution < 1.29 is 24.2 Å². The zero-order valence-corrected chi connectivity index (χ0v) is 12.0. The topological polar surface area (TPSA) is 95.9 Å². The Morgan fingerprint density at radius 1 is 1.27 bits per heavy atom. The predicted octanol–water partition coefficient (Wildman–Crippen LogP) is 0.0590. The molecule has 1 aliphatic rings. The minimum absolute atomic E-state index is 0.0303. The van der Waals surface area contributed by atoms with Crippen molar-refractivity contribution in [2.45, 2.75) is 6.42 Å². The van der Waals surface area contributed by atoms with Gasteiger partial charge in [0.25, 0.3) is 11.8 Å². The third-order valence-electron chi connectivity index (χ3n) is 3.14. The Balaban J connectivity index is 2.02. The van der Waals surface area contributed by atoms with Crippen LogP contribution in [0.3, 0.4) is 0 Å². The zero-order chi connectivity index (χ0) is 16.1. The average molecular weight is 304 g/mol. The van der Waals surface area contributed by atoms with Crippen molar-refractivity contribution in [3.05, 3.63) is 41.6 Å². The highest BCUT2D eigenvalue weighted by Gasteiger charge is 2.30. The Bertz CT molecular complexity index is 621. The van der Waals surface area contributed by atoms with E-state index in [2.05, 4.69) is 10.1 Å². The van der Waals surface area contributed by atoms with Gasteiger partial charge in [-0.15, -0.1) is 0 Å².